The summed E-state index contributed by atoms with van der Waals surface area (Å²) in [4.78, 5) is 11.8. The van der Waals surface area contributed by atoms with E-state index in [1.165, 1.54) is 18.1 Å². The van der Waals surface area contributed by atoms with Crippen molar-refractivity contribution in [3.05, 3.63) is 41.6 Å². The van der Waals surface area contributed by atoms with Crippen molar-refractivity contribution in [1.82, 2.24) is 4.57 Å². The topological polar surface area (TPSA) is 31.2 Å². The summed E-state index contributed by atoms with van der Waals surface area (Å²) in [5.74, 6) is 0.219. The van der Waals surface area contributed by atoms with Crippen molar-refractivity contribution in [2.24, 2.45) is 7.05 Å². The van der Waals surface area contributed by atoms with E-state index in [0.717, 1.165) is 30.5 Å². The van der Waals surface area contributed by atoms with Gasteiger partial charge in [0.1, 0.15) is 0 Å². The molecule has 1 aromatic heterocycles. The predicted octanol–water partition coefficient (Wildman–Crippen LogP) is 4.90. The molecule has 1 aromatic carbocycles. The minimum Gasteiger partial charge on any atom is -0.465 e. The Bertz CT molecular complexity index is 697. The molecule has 0 aliphatic heterocycles. The number of methoxy groups -OCH3 is 1. The van der Waals surface area contributed by atoms with Crippen LogP contribution in [0.1, 0.15) is 60.6 Å². The maximum Gasteiger partial charge on any atom is 0.337 e. The number of nitrogens with zero attached hydrogens (tertiary/aromatic N) is 1. The van der Waals surface area contributed by atoms with Crippen LogP contribution in [0.25, 0.3) is 17.0 Å². The Balaban J connectivity index is 2.70. The summed E-state index contributed by atoms with van der Waals surface area (Å²) in [7, 11) is 3.44. The normalized spacial score (nSPS) is 12.4. The van der Waals surface area contributed by atoms with Gasteiger partial charge in [0.25, 0.3) is 0 Å². The van der Waals surface area contributed by atoms with E-state index < -0.39 is 0 Å². The van der Waals surface area contributed by atoms with Crippen molar-refractivity contribution in [2.45, 2.75) is 39.0 Å². The Morgan fingerprint density at radius 3 is 2.68 bits per heavy atom. The number of carbonyl (C=O) groups is 1. The molecule has 0 N–H and O–H groups in total. The van der Waals surface area contributed by atoms with Crippen LogP contribution in [-0.4, -0.2) is 17.6 Å². The van der Waals surface area contributed by atoms with Crippen molar-refractivity contribution in [3.63, 3.8) is 0 Å². The Morgan fingerprint density at radius 1 is 1.41 bits per heavy atom. The zero-order valence-corrected chi connectivity index (χ0v) is 14.0. The van der Waals surface area contributed by atoms with Crippen LogP contribution in [0.5, 0.6) is 0 Å². The number of hydrogen-bond donors (Lipinski definition) is 0. The molecule has 0 aliphatic rings. The number of carbonyl (C=O) groups excluding carboxylic acids is 1. The van der Waals surface area contributed by atoms with Gasteiger partial charge in [0.2, 0.25) is 0 Å². The highest BCUT2D eigenvalue weighted by molar-refractivity contribution is 5.97. The van der Waals surface area contributed by atoms with E-state index in [1.54, 1.807) is 0 Å². The fourth-order valence-electron chi connectivity index (χ4n) is 3.31. The molecular formula is C19H25NO2. The summed E-state index contributed by atoms with van der Waals surface area (Å²) < 4.78 is 6.95. The first-order valence-electron chi connectivity index (χ1n) is 7.92. The highest BCUT2D eigenvalue weighted by Gasteiger charge is 2.21. The molecule has 2 rings (SSSR count). The van der Waals surface area contributed by atoms with Crippen molar-refractivity contribution in [1.29, 1.82) is 0 Å². The molecule has 1 heterocycles. The van der Waals surface area contributed by atoms with Crippen LogP contribution in [0.3, 0.4) is 0 Å². The van der Waals surface area contributed by atoms with Crippen molar-refractivity contribution in [3.8, 4) is 0 Å². The molecule has 0 radical (unpaired) electrons. The Kier molecular flexibility index (Phi) is 5.07. The molecule has 0 bridgehead atoms. The first-order valence-corrected chi connectivity index (χ1v) is 7.92. The molecule has 0 saturated carbocycles. The van der Waals surface area contributed by atoms with Crippen molar-refractivity contribution >= 4 is 22.9 Å². The standard InChI is InChI=1S/C19H25NO2/c1-6-9-13(7-2)18-15-11-10-14(19(21)22-5)12-17(15)20(4)16(18)8-3/h8,10-13H,3,6-7,9H2,1-2,4-5H3. The van der Waals surface area contributed by atoms with Gasteiger partial charge in [-0.3, -0.25) is 0 Å². The van der Waals surface area contributed by atoms with E-state index in [1.807, 2.05) is 31.3 Å². The number of benzene rings is 1. The molecule has 1 unspecified atom stereocenters. The second kappa shape index (κ2) is 6.82. The molecule has 0 amide bonds. The van der Waals surface area contributed by atoms with E-state index in [0.29, 0.717) is 11.5 Å². The highest BCUT2D eigenvalue weighted by Crippen LogP contribution is 2.36. The molecule has 0 spiro atoms. The molecule has 118 valence electrons. The zero-order valence-electron chi connectivity index (χ0n) is 14.0. The van der Waals surface area contributed by atoms with Crippen LogP contribution < -0.4 is 0 Å². The second-order valence-corrected chi connectivity index (χ2v) is 5.68. The first kappa shape index (κ1) is 16.3. The van der Waals surface area contributed by atoms with Gasteiger partial charge in [-0.25, -0.2) is 4.79 Å². The van der Waals surface area contributed by atoms with E-state index in [4.69, 9.17) is 4.74 Å². The maximum atomic E-state index is 11.8. The third-order valence-electron chi connectivity index (χ3n) is 4.44. The lowest BCUT2D eigenvalue weighted by Crippen LogP contribution is -2.01. The molecular weight excluding hydrogens is 274 g/mol. The third-order valence-corrected chi connectivity index (χ3v) is 4.44. The average Bonchev–Trinajstić information content (AvgIpc) is 2.83. The molecule has 0 saturated heterocycles. The quantitative estimate of drug-likeness (QED) is 0.710. The predicted molar refractivity (Wildman–Crippen MR) is 92.3 cm³/mol. The van der Waals surface area contributed by atoms with Crippen LogP contribution in [0.4, 0.5) is 0 Å². The van der Waals surface area contributed by atoms with Gasteiger partial charge in [-0.1, -0.05) is 32.9 Å². The summed E-state index contributed by atoms with van der Waals surface area (Å²) in [6, 6.07) is 5.81. The minimum atomic E-state index is -0.301. The van der Waals surface area contributed by atoms with Crippen LogP contribution in [0.2, 0.25) is 0 Å². The number of rotatable bonds is 6. The monoisotopic (exact) mass is 299 g/mol. The molecule has 3 heteroatoms. The van der Waals surface area contributed by atoms with Crippen molar-refractivity contribution in [2.75, 3.05) is 7.11 Å². The van der Waals surface area contributed by atoms with Crippen LogP contribution in [0.15, 0.2) is 24.8 Å². The van der Waals surface area contributed by atoms with Gasteiger partial charge in [-0.05, 0) is 42.5 Å². The van der Waals surface area contributed by atoms with Gasteiger partial charge in [0.15, 0.2) is 0 Å². The maximum absolute atomic E-state index is 11.8. The number of fused-ring (bicyclic) bond motifs is 1. The van der Waals surface area contributed by atoms with Gasteiger partial charge >= 0.3 is 5.97 Å². The minimum absolute atomic E-state index is 0.301. The molecule has 22 heavy (non-hydrogen) atoms. The van der Waals surface area contributed by atoms with Crippen LogP contribution in [0, 0.1) is 0 Å². The smallest absolute Gasteiger partial charge is 0.337 e. The van der Waals surface area contributed by atoms with Gasteiger partial charge in [0, 0.05) is 23.6 Å². The molecule has 0 aliphatic carbocycles. The van der Waals surface area contributed by atoms with Gasteiger partial charge < -0.3 is 9.30 Å². The fraction of sp³-hybridized carbons (Fsp3) is 0.421. The van der Waals surface area contributed by atoms with Crippen LogP contribution in [-0.2, 0) is 11.8 Å². The van der Waals surface area contributed by atoms with Crippen LogP contribution >= 0.6 is 0 Å². The van der Waals surface area contributed by atoms with E-state index in [-0.39, 0.29) is 5.97 Å². The zero-order chi connectivity index (χ0) is 16.3. The summed E-state index contributed by atoms with van der Waals surface area (Å²) in [5, 5.41) is 1.21. The highest BCUT2D eigenvalue weighted by atomic mass is 16.5. The third kappa shape index (κ3) is 2.68. The number of aromatic nitrogens is 1. The van der Waals surface area contributed by atoms with E-state index in [9.17, 15) is 4.79 Å². The lowest BCUT2D eigenvalue weighted by molar-refractivity contribution is 0.0601. The fourth-order valence-corrected chi connectivity index (χ4v) is 3.31. The lowest BCUT2D eigenvalue weighted by Gasteiger charge is -2.15. The second-order valence-electron chi connectivity index (χ2n) is 5.68. The van der Waals surface area contributed by atoms with Gasteiger partial charge in [0.05, 0.1) is 12.7 Å². The number of hydrogen-bond acceptors (Lipinski definition) is 2. The Hall–Kier alpha value is -2.03. The molecule has 0 fully saturated rings. The van der Waals surface area contributed by atoms with E-state index in [2.05, 4.69) is 25.0 Å². The number of aryl methyl sites for hydroxylation is 1. The summed E-state index contributed by atoms with van der Waals surface area (Å²) >= 11 is 0. The number of esters is 1. The summed E-state index contributed by atoms with van der Waals surface area (Å²) in [6.45, 7) is 8.44. The Morgan fingerprint density at radius 2 is 2.14 bits per heavy atom. The number of ether oxygens (including phenoxy) is 1. The molecule has 1 atom stereocenters. The van der Waals surface area contributed by atoms with Crippen molar-refractivity contribution < 1.29 is 9.53 Å². The van der Waals surface area contributed by atoms with E-state index >= 15 is 0 Å². The van der Waals surface area contributed by atoms with Gasteiger partial charge in [-0.2, -0.15) is 0 Å². The summed E-state index contributed by atoms with van der Waals surface area (Å²) in [6.07, 6.45) is 5.35. The average molecular weight is 299 g/mol. The molecule has 3 nitrogen and oxygen atoms in total. The SMILES string of the molecule is C=Cc1c(C(CC)CCC)c2ccc(C(=O)OC)cc2n1C. The molecule has 2 aromatic rings. The summed E-state index contributed by atoms with van der Waals surface area (Å²) in [5.41, 5.74) is 4.15. The largest absolute Gasteiger partial charge is 0.465 e. The lowest BCUT2D eigenvalue weighted by atomic mass is 9.89. The first-order chi connectivity index (χ1) is 10.6. The Labute approximate surface area is 132 Å². The van der Waals surface area contributed by atoms with Gasteiger partial charge in [-0.15, -0.1) is 0 Å².